The van der Waals surface area contributed by atoms with Crippen molar-refractivity contribution in [3.8, 4) is 23.0 Å². The maximum Gasteiger partial charge on any atom is 0.262 e. The zero-order valence-electron chi connectivity index (χ0n) is 36.2. The molecule has 0 unspecified atom stereocenters. The summed E-state index contributed by atoms with van der Waals surface area (Å²) in [6.45, 7) is 2.24. The van der Waals surface area contributed by atoms with E-state index in [0.717, 1.165) is 16.5 Å². The van der Waals surface area contributed by atoms with Gasteiger partial charge in [-0.2, -0.15) is 0 Å². The Morgan fingerprint density at radius 2 is 1.47 bits per heavy atom. The van der Waals surface area contributed by atoms with Gasteiger partial charge in [-0.1, -0.05) is 60.7 Å². The number of benzene rings is 4. The SMILES string of the molecule is CN[C@H](C)C(=O)N[C@H]1CN(C(=O)C2(C(=O)Nc3ccc(Oc4ccnc5cc(OC)c(OC)cc45)cc3)CC2)CCN2CC[C@@H](C(=O)NC(c3ccccc3)c3ccccc3)N2C1=O. The van der Waals surface area contributed by atoms with Crippen molar-refractivity contribution < 1.29 is 38.2 Å². The number of fused-ring (bicyclic) bond motifs is 2. The van der Waals surface area contributed by atoms with E-state index in [1.54, 1.807) is 81.9 Å². The Morgan fingerprint density at radius 3 is 2.09 bits per heavy atom. The summed E-state index contributed by atoms with van der Waals surface area (Å²) in [5.74, 6) is -0.0615. The van der Waals surface area contributed by atoms with Crippen LogP contribution in [-0.4, -0.2) is 115 Å². The lowest BCUT2D eigenvalue weighted by Crippen LogP contribution is -2.65. The third-order valence-electron chi connectivity index (χ3n) is 12.2. The number of carbonyl (C=O) groups excluding carboxylic acids is 5. The lowest BCUT2D eigenvalue weighted by Gasteiger charge is -2.41. The number of ether oxygens (including phenoxy) is 3. The smallest absolute Gasteiger partial charge is 0.262 e. The fourth-order valence-electron chi connectivity index (χ4n) is 8.33. The van der Waals surface area contributed by atoms with Gasteiger partial charge in [0.2, 0.25) is 23.6 Å². The topological polar surface area (TPSA) is 184 Å². The molecule has 1 saturated carbocycles. The van der Waals surface area contributed by atoms with E-state index in [0.29, 0.717) is 60.0 Å². The van der Waals surface area contributed by atoms with Crippen LogP contribution in [0.15, 0.2) is 109 Å². The molecule has 3 atom stereocenters. The van der Waals surface area contributed by atoms with E-state index >= 15 is 0 Å². The predicted octanol–water partition coefficient (Wildman–Crippen LogP) is 4.42. The minimum absolute atomic E-state index is 0.158. The van der Waals surface area contributed by atoms with Crippen molar-refractivity contribution in [2.45, 2.75) is 50.4 Å². The van der Waals surface area contributed by atoms with E-state index in [-0.39, 0.29) is 25.5 Å². The van der Waals surface area contributed by atoms with Gasteiger partial charge in [0.1, 0.15) is 29.0 Å². The zero-order valence-corrected chi connectivity index (χ0v) is 36.2. The summed E-state index contributed by atoms with van der Waals surface area (Å²) in [5.41, 5.74) is 1.55. The first-order chi connectivity index (χ1) is 31.0. The lowest BCUT2D eigenvalue weighted by atomic mass is 9.98. The average molecular weight is 869 g/mol. The molecule has 64 heavy (non-hydrogen) atoms. The van der Waals surface area contributed by atoms with Crippen molar-refractivity contribution in [1.82, 2.24) is 35.9 Å². The summed E-state index contributed by atoms with van der Waals surface area (Å²) in [7, 11) is 4.74. The fraction of sp³-hybridized carbons (Fsp3) is 0.333. The molecule has 3 aliphatic rings. The van der Waals surface area contributed by atoms with Crippen molar-refractivity contribution in [1.29, 1.82) is 0 Å². The summed E-state index contributed by atoms with van der Waals surface area (Å²) >= 11 is 0. The highest BCUT2D eigenvalue weighted by Crippen LogP contribution is 2.48. The normalized spacial score (nSPS) is 18.6. The number of rotatable bonds is 14. The van der Waals surface area contributed by atoms with Crippen molar-refractivity contribution in [2.75, 3.05) is 52.8 Å². The second kappa shape index (κ2) is 18.7. The molecule has 1 aliphatic carbocycles. The zero-order chi connectivity index (χ0) is 45.0. The monoisotopic (exact) mass is 868 g/mol. The molecule has 5 aromatic rings. The van der Waals surface area contributed by atoms with Crippen LogP contribution in [0.5, 0.6) is 23.0 Å². The van der Waals surface area contributed by atoms with Crippen molar-refractivity contribution >= 4 is 46.1 Å². The molecule has 332 valence electrons. The first-order valence-electron chi connectivity index (χ1n) is 21.4. The number of likely N-dealkylation sites (N-methyl/N-ethyl adjacent to an activating group) is 1. The minimum atomic E-state index is -1.35. The molecule has 4 aromatic carbocycles. The molecule has 16 heteroatoms. The molecule has 5 amide bonds. The molecule has 2 saturated heterocycles. The van der Waals surface area contributed by atoms with Crippen LogP contribution in [0.2, 0.25) is 0 Å². The number of nitrogens with zero attached hydrogens (tertiary/aromatic N) is 4. The molecule has 16 nitrogen and oxygen atoms in total. The van der Waals surface area contributed by atoms with Crippen LogP contribution >= 0.6 is 0 Å². The van der Waals surface area contributed by atoms with Crippen LogP contribution in [0, 0.1) is 5.41 Å². The van der Waals surface area contributed by atoms with Crippen LogP contribution in [0.1, 0.15) is 43.4 Å². The van der Waals surface area contributed by atoms with Gasteiger partial charge in [-0.3, -0.25) is 34.0 Å². The van der Waals surface area contributed by atoms with Gasteiger partial charge in [0.25, 0.3) is 5.91 Å². The molecule has 2 aliphatic heterocycles. The van der Waals surface area contributed by atoms with Gasteiger partial charge in [-0.25, -0.2) is 5.01 Å². The van der Waals surface area contributed by atoms with Gasteiger partial charge in [0, 0.05) is 43.0 Å². The molecular formula is C48H52N8O8. The van der Waals surface area contributed by atoms with Crippen molar-refractivity contribution in [2.24, 2.45) is 5.41 Å². The molecule has 1 aromatic heterocycles. The highest BCUT2D eigenvalue weighted by Gasteiger charge is 2.59. The molecule has 3 fully saturated rings. The van der Waals surface area contributed by atoms with Crippen LogP contribution in [0.3, 0.4) is 0 Å². The second-order valence-electron chi connectivity index (χ2n) is 16.2. The summed E-state index contributed by atoms with van der Waals surface area (Å²) < 4.78 is 17.1. The van der Waals surface area contributed by atoms with E-state index < -0.39 is 53.2 Å². The Hall–Kier alpha value is -7.04. The van der Waals surface area contributed by atoms with Gasteiger partial charge in [-0.05, 0) is 80.8 Å². The number of amides is 5. The quantitative estimate of drug-likeness (QED) is 0.116. The average Bonchev–Trinajstić information content (AvgIpc) is 4.04. The van der Waals surface area contributed by atoms with E-state index in [4.69, 9.17) is 14.2 Å². The summed E-state index contributed by atoms with van der Waals surface area (Å²) in [5, 5.41) is 15.8. The van der Waals surface area contributed by atoms with E-state index in [1.807, 2.05) is 60.7 Å². The number of anilines is 1. The summed E-state index contributed by atoms with van der Waals surface area (Å²) in [6.07, 6.45) is 2.62. The van der Waals surface area contributed by atoms with Gasteiger partial charge in [-0.15, -0.1) is 0 Å². The second-order valence-corrected chi connectivity index (χ2v) is 16.2. The van der Waals surface area contributed by atoms with Gasteiger partial charge >= 0.3 is 0 Å². The molecule has 0 radical (unpaired) electrons. The van der Waals surface area contributed by atoms with Crippen molar-refractivity contribution in [3.63, 3.8) is 0 Å². The van der Waals surface area contributed by atoms with Crippen LogP contribution in [0.4, 0.5) is 5.69 Å². The Bertz CT molecular complexity index is 2480. The molecule has 0 spiro atoms. The first kappa shape index (κ1) is 43.6. The van der Waals surface area contributed by atoms with E-state index in [1.165, 1.54) is 9.91 Å². The first-order valence-corrected chi connectivity index (χ1v) is 21.4. The Balaban J connectivity index is 0.970. The highest BCUT2D eigenvalue weighted by molar-refractivity contribution is 6.13. The van der Waals surface area contributed by atoms with E-state index in [2.05, 4.69) is 26.3 Å². The maximum atomic E-state index is 14.7. The molecule has 4 N–H and O–H groups in total. The number of nitrogens with one attached hydrogen (secondary N) is 4. The number of hydrogen-bond donors (Lipinski definition) is 4. The summed E-state index contributed by atoms with van der Waals surface area (Å²) in [4.78, 5) is 76.7. The molecule has 3 heterocycles. The van der Waals surface area contributed by atoms with Gasteiger partial charge in [0.15, 0.2) is 11.5 Å². The van der Waals surface area contributed by atoms with Crippen LogP contribution in [0.25, 0.3) is 10.9 Å². The number of aromatic nitrogens is 1. The Labute approximate surface area is 371 Å². The van der Waals surface area contributed by atoms with Crippen molar-refractivity contribution in [3.05, 3.63) is 120 Å². The lowest BCUT2D eigenvalue weighted by molar-refractivity contribution is -0.161. The largest absolute Gasteiger partial charge is 0.493 e. The predicted molar refractivity (Wildman–Crippen MR) is 238 cm³/mol. The number of hydrazine groups is 1. The number of hydrogen-bond acceptors (Lipinski definition) is 11. The van der Waals surface area contributed by atoms with E-state index in [9.17, 15) is 24.0 Å². The minimum Gasteiger partial charge on any atom is -0.493 e. The fourth-order valence-corrected chi connectivity index (χ4v) is 8.33. The highest BCUT2D eigenvalue weighted by atomic mass is 16.5. The Morgan fingerprint density at radius 1 is 0.812 bits per heavy atom. The Kier molecular flexibility index (Phi) is 12.8. The summed E-state index contributed by atoms with van der Waals surface area (Å²) in [6, 6.07) is 28.2. The third kappa shape index (κ3) is 8.92. The van der Waals surface area contributed by atoms with Crippen LogP contribution < -0.4 is 35.5 Å². The molecular weight excluding hydrogens is 817 g/mol. The van der Waals surface area contributed by atoms with Crippen LogP contribution in [-0.2, 0) is 24.0 Å². The number of carbonyl (C=O) groups is 5. The maximum absolute atomic E-state index is 14.7. The standard InChI is InChI=1S/C48H52N8O8/c1-30(49-2)43(57)52-37-29-54(25-26-55-24-20-38(56(55)45(37)59)44(58)53-42(31-11-7-5-8-12-31)32-13-9-6-10-14-32)47(61)48(21-22-48)46(60)51-33-15-17-34(18-16-33)64-39-19-23-50-36-28-41(63-4)40(62-3)27-35(36)39/h5-19,23,27-28,30,37-38,42,49H,20-22,24-26,29H2,1-4H3,(H,51,60)(H,52,57)(H,53,58)/t30-,37+,38+/m1/s1. The van der Waals surface area contributed by atoms with Gasteiger partial charge in [0.05, 0.1) is 38.4 Å². The number of methoxy groups -OCH3 is 2. The number of pyridine rings is 1. The molecule has 0 bridgehead atoms. The molecule has 8 rings (SSSR count). The third-order valence-corrected chi connectivity index (χ3v) is 12.2. The van der Waals surface area contributed by atoms with Gasteiger partial charge < -0.3 is 40.4 Å².